The number of benzene rings is 1. The minimum absolute atomic E-state index is 0.0776. The van der Waals surface area contributed by atoms with Crippen LogP contribution in [0.4, 0.5) is 5.69 Å². The van der Waals surface area contributed by atoms with Crippen molar-refractivity contribution in [2.45, 2.75) is 13.8 Å². The van der Waals surface area contributed by atoms with Gasteiger partial charge in [-0.2, -0.15) is 0 Å². The number of pyridine rings is 1. The Labute approximate surface area is 118 Å². The topological polar surface area (TPSA) is 74.7 Å². The Morgan fingerprint density at radius 3 is 2.75 bits per heavy atom. The van der Waals surface area contributed by atoms with E-state index in [4.69, 9.17) is 10.9 Å². The molecule has 0 saturated heterocycles. The first-order valence-corrected chi connectivity index (χ1v) is 6.61. The molecule has 0 fully saturated rings. The zero-order valence-electron chi connectivity index (χ0n) is 12.0. The molecule has 20 heavy (non-hydrogen) atoms. The van der Waals surface area contributed by atoms with Gasteiger partial charge >= 0.3 is 0 Å². The summed E-state index contributed by atoms with van der Waals surface area (Å²) in [6.45, 7) is 5.19. The molecule has 106 valence electrons. The predicted octanol–water partition coefficient (Wildman–Crippen LogP) is 2.42. The van der Waals surface area contributed by atoms with Crippen molar-refractivity contribution >= 4 is 22.4 Å². The molecule has 0 bridgehead atoms. The third-order valence-electron chi connectivity index (χ3n) is 3.15. The summed E-state index contributed by atoms with van der Waals surface area (Å²) >= 11 is 0. The fourth-order valence-electron chi connectivity index (χ4n) is 2.42. The molecule has 0 spiro atoms. The van der Waals surface area contributed by atoms with E-state index in [1.54, 1.807) is 6.20 Å². The first-order valence-electron chi connectivity index (χ1n) is 6.61. The maximum Gasteiger partial charge on any atom is 0.173 e. The van der Waals surface area contributed by atoms with Crippen molar-refractivity contribution < 1.29 is 5.21 Å². The zero-order valence-corrected chi connectivity index (χ0v) is 12.0. The van der Waals surface area contributed by atoms with E-state index in [-0.39, 0.29) is 5.84 Å². The Bertz CT molecular complexity index is 637. The summed E-state index contributed by atoms with van der Waals surface area (Å²) in [7, 11) is 2.01. The van der Waals surface area contributed by atoms with E-state index in [1.165, 1.54) is 0 Å². The van der Waals surface area contributed by atoms with Gasteiger partial charge in [0.15, 0.2) is 5.84 Å². The van der Waals surface area contributed by atoms with Crippen LogP contribution in [-0.2, 0) is 0 Å². The van der Waals surface area contributed by atoms with E-state index in [9.17, 15) is 0 Å². The minimum atomic E-state index is 0.0776. The van der Waals surface area contributed by atoms with Crippen molar-refractivity contribution in [3.8, 4) is 0 Å². The van der Waals surface area contributed by atoms with Crippen LogP contribution < -0.4 is 10.6 Å². The quantitative estimate of drug-likeness (QED) is 0.388. The summed E-state index contributed by atoms with van der Waals surface area (Å²) < 4.78 is 0. The molecule has 2 rings (SSSR count). The van der Waals surface area contributed by atoms with Crippen molar-refractivity contribution in [2.24, 2.45) is 16.8 Å². The molecule has 1 heterocycles. The largest absolute Gasteiger partial charge is 0.409 e. The van der Waals surface area contributed by atoms with E-state index in [2.05, 4.69) is 28.9 Å². The second kappa shape index (κ2) is 5.77. The van der Waals surface area contributed by atoms with E-state index in [0.717, 1.165) is 23.1 Å². The van der Waals surface area contributed by atoms with Crippen molar-refractivity contribution in [2.75, 3.05) is 18.5 Å². The van der Waals surface area contributed by atoms with Crippen LogP contribution in [0.3, 0.4) is 0 Å². The Kier molecular flexibility index (Phi) is 4.08. The number of fused-ring (bicyclic) bond motifs is 1. The van der Waals surface area contributed by atoms with Crippen LogP contribution in [-0.4, -0.2) is 29.6 Å². The van der Waals surface area contributed by atoms with Crippen LogP contribution >= 0.6 is 0 Å². The van der Waals surface area contributed by atoms with E-state index in [0.29, 0.717) is 11.5 Å². The van der Waals surface area contributed by atoms with Gasteiger partial charge in [-0.25, -0.2) is 0 Å². The zero-order chi connectivity index (χ0) is 14.7. The molecular weight excluding hydrogens is 252 g/mol. The molecular formula is C15H20N4O. The molecule has 1 aromatic heterocycles. The molecule has 0 aliphatic heterocycles. The Morgan fingerprint density at radius 2 is 2.10 bits per heavy atom. The lowest BCUT2D eigenvalue weighted by Gasteiger charge is -2.25. The Morgan fingerprint density at radius 1 is 1.40 bits per heavy atom. The summed E-state index contributed by atoms with van der Waals surface area (Å²) in [6, 6.07) is 7.87. The molecule has 0 amide bonds. The molecule has 0 unspecified atom stereocenters. The Balaban J connectivity index is 2.67. The van der Waals surface area contributed by atoms with E-state index in [1.807, 2.05) is 31.3 Å². The summed E-state index contributed by atoms with van der Waals surface area (Å²) in [5.41, 5.74) is 8.28. The molecule has 0 aliphatic rings. The lowest BCUT2D eigenvalue weighted by atomic mass is 10.1. The molecule has 2 aromatic rings. The molecule has 0 aliphatic carbocycles. The first kappa shape index (κ1) is 14.1. The molecule has 3 N–H and O–H groups in total. The number of rotatable bonds is 4. The van der Waals surface area contributed by atoms with Crippen LogP contribution in [0.15, 0.2) is 35.6 Å². The third kappa shape index (κ3) is 2.66. The highest BCUT2D eigenvalue weighted by Crippen LogP contribution is 2.29. The number of oxime groups is 1. The average Bonchev–Trinajstić information content (AvgIpc) is 2.44. The fourth-order valence-corrected chi connectivity index (χ4v) is 2.42. The lowest BCUT2D eigenvalue weighted by Crippen LogP contribution is -2.26. The van der Waals surface area contributed by atoms with Gasteiger partial charge in [0, 0.05) is 25.2 Å². The number of hydrogen-bond acceptors (Lipinski definition) is 4. The second-order valence-corrected chi connectivity index (χ2v) is 5.30. The molecule has 0 atom stereocenters. The molecule has 5 heteroatoms. The van der Waals surface area contributed by atoms with Crippen LogP contribution in [0.2, 0.25) is 0 Å². The minimum Gasteiger partial charge on any atom is -0.409 e. The maximum absolute atomic E-state index is 8.97. The summed E-state index contributed by atoms with van der Waals surface area (Å²) in [5, 5.41) is 13.1. The summed E-state index contributed by atoms with van der Waals surface area (Å²) in [5.74, 6) is 0.584. The number of amidine groups is 1. The predicted molar refractivity (Wildman–Crippen MR) is 82.4 cm³/mol. The number of hydrogen-bond donors (Lipinski definition) is 2. The number of para-hydroxylation sites is 1. The van der Waals surface area contributed by atoms with Gasteiger partial charge in [0.1, 0.15) is 0 Å². The fraction of sp³-hybridized carbons (Fsp3) is 0.333. The number of anilines is 1. The molecule has 1 aromatic carbocycles. The van der Waals surface area contributed by atoms with Crippen molar-refractivity contribution in [3.05, 3.63) is 36.0 Å². The van der Waals surface area contributed by atoms with E-state index >= 15 is 0 Å². The van der Waals surface area contributed by atoms with Gasteiger partial charge in [0.05, 0.1) is 16.8 Å². The molecule has 0 saturated carbocycles. The third-order valence-corrected chi connectivity index (χ3v) is 3.15. The van der Waals surface area contributed by atoms with Crippen LogP contribution in [0, 0.1) is 5.92 Å². The van der Waals surface area contributed by atoms with E-state index < -0.39 is 0 Å². The monoisotopic (exact) mass is 272 g/mol. The average molecular weight is 272 g/mol. The van der Waals surface area contributed by atoms with Gasteiger partial charge < -0.3 is 15.8 Å². The van der Waals surface area contributed by atoms with Crippen LogP contribution in [0.5, 0.6) is 0 Å². The van der Waals surface area contributed by atoms with Crippen LogP contribution in [0.25, 0.3) is 10.9 Å². The highest BCUT2D eigenvalue weighted by molar-refractivity contribution is 6.08. The number of nitrogens with two attached hydrogens (primary N) is 1. The molecule has 0 radical (unpaired) electrons. The smallest absolute Gasteiger partial charge is 0.173 e. The van der Waals surface area contributed by atoms with Gasteiger partial charge in [0.25, 0.3) is 0 Å². The van der Waals surface area contributed by atoms with Gasteiger partial charge in [-0.3, -0.25) is 4.98 Å². The summed E-state index contributed by atoms with van der Waals surface area (Å²) in [6.07, 6.45) is 1.66. The van der Waals surface area contributed by atoms with Gasteiger partial charge in [0.2, 0.25) is 0 Å². The highest BCUT2D eigenvalue weighted by Gasteiger charge is 2.16. The van der Waals surface area contributed by atoms with Gasteiger partial charge in [-0.1, -0.05) is 37.2 Å². The molecule has 5 nitrogen and oxygen atoms in total. The summed E-state index contributed by atoms with van der Waals surface area (Å²) in [4.78, 5) is 6.50. The lowest BCUT2D eigenvalue weighted by molar-refractivity contribution is 0.318. The first-order chi connectivity index (χ1) is 9.54. The van der Waals surface area contributed by atoms with Gasteiger partial charge in [-0.05, 0) is 12.0 Å². The van der Waals surface area contributed by atoms with Crippen molar-refractivity contribution in [3.63, 3.8) is 0 Å². The van der Waals surface area contributed by atoms with Crippen molar-refractivity contribution in [1.82, 2.24) is 4.98 Å². The van der Waals surface area contributed by atoms with Gasteiger partial charge in [-0.15, -0.1) is 0 Å². The Hall–Kier alpha value is -2.30. The normalized spacial score (nSPS) is 12.1. The van der Waals surface area contributed by atoms with Crippen LogP contribution in [0.1, 0.15) is 19.4 Å². The maximum atomic E-state index is 8.97. The van der Waals surface area contributed by atoms with Crippen molar-refractivity contribution in [1.29, 1.82) is 0 Å². The number of nitrogens with zero attached hydrogens (tertiary/aromatic N) is 3. The second-order valence-electron chi connectivity index (χ2n) is 5.30. The number of aromatic nitrogens is 1. The standard InChI is InChI=1S/C15H20N4O/c1-10(2)9-19(3)14-11-6-4-5-7-13(11)17-8-12(14)15(16)18-20/h4-8,10,20H,9H2,1-3H3,(H2,16,18). The highest BCUT2D eigenvalue weighted by atomic mass is 16.4. The SMILES string of the molecule is CC(C)CN(C)c1c(/C(N)=N/O)cnc2ccccc12.